The molecule has 144 valence electrons. The summed E-state index contributed by atoms with van der Waals surface area (Å²) < 4.78 is 0. The number of fused-ring (bicyclic) bond motifs is 4. The molecule has 1 aromatic carbocycles. The van der Waals surface area contributed by atoms with Gasteiger partial charge in [0.1, 0.15) is 5.75 Å². The summed E-state index contributed by atoms with van der Waals surface area (Å²) in [5, 5.41) is 13.5. The fraction of sp³-hybridized carbons (Fsp3) is 0.565. The van der Waals surface area contributed by atoms with E-state index in [0.717, 1.165) is 36.0 Å². The minimum Gasteiger partial charge on any atom is -0.507 e. The second-order valence-electron chi connectivity index (χ2n) is 10.5. The summed E-state index contributed by atoms with van der Waals surface area (Å²) in [6.07, 6.45) is 2.65. The van der Waals surface area contributed by atoms with Gasteiger partial charge in [0.25, 0.3) is 11.8 Å². The molecule has 1 heterocycles. The van der Waals surface area contributed by atoms with E-state index in [2.05, 4.69) is 59.0 Å². The van der Waals surface area contributed by atoms with Crippen molar-refractivity contribution in [1.82, 2.24) is 5.32 Å². The monoisotopic (exact) mass is 367 g/mol. The Balaban J connectivity index is 1.99. The van der Waals surface area contributed by atoms with Crippen LogP contribution < -0.4 is 5.32 Å². The minimum atomic E-state index is -0.399. The van der Waals surface area contributed by atoms with Crippen molar-refractivity contribution >= 4 is 11.8 Å². The second-order valence-corrected chi connectivity index (χ2v) is 10.5. The molecule has 3 aliphatic rings. The van der Waals surface area contributed by atoms with Gasteiger partial charge in [-0.05, 0) is 52.7 Å². The summed E-state index contributed by atoms with van der Waals surface area (Å²) in [6.45, 7) is 12.6. The highest BCUT2D eigenvalue weighted by molar-refractivity contribution is 6.21. The molecule has 2 atom stereocenters. The Bertz CT molecular complexity index is 876. The summed E-state index contributed by atoms with van der Waals surface area (Å²) >= 11 is 0. The molecule has 1 saturated carbocycles. The molecule has 2 aliphatic carbocycles. The fourth-order valence-electron chi connectivity index (χ4n) is 5.31. The fourth-order valence-corrected chi connectivity index (χ4v) is 5.31. The van der Waals surface area contributed by atoms with Crippen molar-refractivity contribution in [3.8, 4) is 5.75 Å². The van der Waals surface area contributed by atoms with Crippen LogP contribution in [0.5, 0.6) is 5.75 Å². The van der Waals surface area contributed by atoms with Crippen LogP contribution in [-0.2, 0) is 25.8 Å². The van der Waals surface area contributed by atoms with Crippen LogP contribution in [-0.4, -0.2) is 16.9 Å². The molecule has 1 fully saturated rings. The van der Waals surface area contributed by atoms with Crippen LogP contribution in [0.3, 0.4) is 0 Å². The van der Waals surface area contributed by atoms with Gasteiger partial charge in [-0.3, -0.25) is 14.9 Å². The van der Waals surface area contributed by atoms with Gasteiger partial charge < -0.3 is 5.11 Å². The van der Waals surface area contributed by atoms with Crippen molar-refractivity contribution in [2.75, 3.05) is 0 Å². The van der Waals surface area contributed by atoms with Crippen molar-refractivity contribution < 1.29 is 14.7 Å². The van der Waals surface area contributed by atoms with Gasteiger partial charge in [-0.15, -0.1) is 0 Å². The molecule has 4 heteroatoms. The Morgan fingerprint density at radius 1 is 1.00 bits per heavy atom. The number of amides is 2. The summed E-state index contributed by atoms with van der Waals surface area (Å²) in [7, 11) is 0. The Kier molecular flexibility index (Phi) is 3.55. The van der Waals surface area contributed by atoms with Crippen LogP contribution in [0.25, 0.3) is 0 Å². The van der Waals surface area contributed by atoms with E-state index < -0.39 is 5.41 Å². The second kappa shape index (κ2) is 5.24. The lowest BCUT2D eigenvalue weighted by atomic mass is 9.69. The molecular weight excluding hydrogens is 338 g/mol. The lowest BCUT2D eigenvalue weighted by molar-refractivity contribution is -0.124. The Labute approximate surface area is 161 Å². The molecule has 4 rings (SSSR count). The summed E-state index contributed by atoms with van der Waals surface area (Å²) in [5.41, 5.74) is 3.44. The number of aromatic hydroxyl groups is 1. The third-order valence-corrected chi connectivity index (χ3v) is 6.65. The zero-order valence-electron chi connectivity index (χ0n) is 17.1. The quantitative estimate of drug-likeness (QED) is 0.738. The maximum absolute atomic E-state index is 12.6. The Hall–Kier alpha value is -2.10. The molecule has 0 spiro atoms. The zero-order chi connectivity index (χ0) is 19.9. The number of phenols is 1. The van der Waals surface area contributed by atoms with Crippen molar-refractivity contribution in [2.24, 2.45) is 5.92 Å². The predicted octanol–water partition coefficient (Wildman–Crippen LogP) is 3.99. The molecule has 4 nitrogen and oxygen atoms in total. The van der Waals surface area contributed by atoms with Gasteiger partial charge in [-0.2, -0.15) is 0 Å². The Morgan fingerprint density at radius 2 is 1.56 bits per heavy atom. The maximum Gasteiger partial charge on any atom is 0.255 e. The van der Waals surface area contributed by atoms with Gasteiger partial charge in [0.15, 0.2) is 0 Å². The molecule has 2 amide bonds. The highest BCUT2D eigenvalue weighted by Gasteiger charge is 2.58. The number of phenolic OH excluding ortho intramolecular Hbond substituents is 1. The number of rotatable bonds is 1. The number of hydrogen-bond acceptors (Lipinski definition) is 3. The van der Waals surface area contributed by atoms with Crippen molar-refractivity contribution in [3.05, 3.63) is 40.0 Å². The number of nitrogens with one attached hydrogen (secondary N) is 1. The number of imide groups is 1. The SMILES string of the molecule is CC(C)(C)c1cc(C23CCC(C2)C2=C3C(=O)NC2=O)cc(C(C)(C)C)c1O. The van der Waals surface area contributed by atoms with Gasteiger partial charge in [-0.1, -0.05) is 53.7 Å². The van der Waals surface area contributed by atoms with Crippen LogP contribution >= 0.6 is 0 Å². The van der Waals surface area contributed by atoms with Crippen molar-refractivity contribution in [1.29, 1.82) is 0 Å². The third-order valence-electron chi connectivity index (χ3n) is 6.65. The first kappa shape index (κ1) is 18.3. The van der Waals surface area contributed by atoms with Gasteiger partial charge in [0, 0.05) is 16.6 Å². The van der Waals surface area contributed by atoms with E-state index in [1.807, 2.05) is 0 Å². The van der Waals surface area contributed by atoms with E-state index in [1.54, 1.807) is 0 Å². The first-order chi connectivity index (χ1) is 12.4. The average molecular weight is 367 g/mol. The molecule has 0 aromatic heterocycles. The van der Waals surface area contributed by atoms with E-state index in [1.165, 1.54) is 0 Å². The molecule has 2 bridgehead atoms. The standard InChI is InChI=1S/C23H29NO3/c1-21(2,3)14-9-13(10-15(18(14)25)22(4,5)6)23-8-7-12(11-23)16-17(23)20(27)24-19(16)26/h9-10,12,25H,7-8,11H2,1-6H3,(H,24,26,27). The van der Waals surface area contributed by atoms with Crippen LogP contribution in [0.15, 0.2) is 23.3 Å². The lowest BCUT2D eigenvalue weighted by Gasteiger charge is -2.34. The summed E-state index contributed by atoms with van der Waals surface area (Å²) in [6, 6.07) is 4.16. The molecular formula is C23H29NO3. The third kappa shape index (κ3) is 2.41. The van der Waals surface area contributed by atoms with Crippen molar-refractivity contribution in [3.63, 3.8) is 0 Å². The molecule has 0 radical (unpaired) electrons. The van der Waals surface area contributed by atoms with Crippen LogP contribution in [0.2, 0.25) is 0 Å². The number of carbonyl (C=O) groups is 2. The van der Waals surface area contributed by atoms with E-state index in [-0.39, 0.29) is 28.6 Å². The first-order valence-electron chi connectivity index (χ1n) is 9.85. The predicted molar refractivity (Wildman–Crippen MR) is 105 cm³/mol. The van der Waals surface area contributed by atoms with Gasteiger partial charge in [0.2, 0.25) is 0 Å². The van der Waals surface area contributed by atoms with E-state index in [4.69, 9.17) is 0 Å². The topological polar surface area (TPSA) is 66.4 Å². The van der Waals surface area contributed by atoms with Gasteiger partial charge in [0.05, 0.1) is 0 Å². The molecule has 1 aliphatic heterocycles. The molecule has 2 N–H and O–H groups in total. The number of carbonyl (C=O) groups excluding carboxylic acids is 2. The molecule has 1 aromatic rings. The van der Waals surface area contributed by atoms with E-state index in [9.17, 15) is 14.7 Å². The first-order valence-corrected chi connectivity index (χ1v) is 9.85. The lowest BCUT2D eigenvalue weighted by Crippen LogP contribution is -2.33. The zero-order valence-corrected chi connectivity index (χ0v) is 17.1. The summed E-state index contributed by atoms with van der Waals surface area (Å²) in [5.74, 6) is 0.104. The Morgan fingerprint density at radius 3 is 2.07 bits per heavy atom. The van der Waals surface area contributed by atoms with E-state index >= 15 is 0 Å². The largest absolute Gasteiger partial charge is 0.507 e. The normalized spacial score (nSPS) is 27.4. The number of benzene rings is 1. The highest BCUT2D eigenvalue weighted by atomic mass is 16.3. The minimum absolute atomic E-state index is 0.177. The van der Waals surface area contributed by atoms with Gasteiger partial charge in [-0.25, -0.2) is 0 Å². The van der Waals surface area contributed by atoms with Crippen LogP contribution in [0.4, 0.5) is 0 Å². The smallest absolute Gasteiger partial charge is 0.255 e. The molecule has 0 saturated heterocycles. The van der Waals surface area contributed by atoms with Crippen LogP contribution in [0.1, 0.15) is 77.5 Å². The van der Waals surface area contributed by atoms with E-state index in [0.29, 0.717) is 16.9 Å². The molecule has 27 heavy (non-hydrogen) atoms. The maximum atomic E-state index is 12.6. The average Bonchev–Trinajstić information content (AvgIpc) is 3.17. The number of hydrogen-bond donors (Lipinski definition) is 2. The highest BCUT2D eigenvalue weighted by Crippen LogP contribution is 2.60. The van der Waals surface area contributed by atoms with Crippen LogP contribution in [0, 0.1) is 5.92 Å². The van der Waals surface area contributed by atoms with Gasteiger partial charge >= 0.3 is 0 Å². The summed E-state index contributed by atoms with van der Waals surface area (Å²) in [4.78, 5) is 24.9. The van der Waals surface area contributed by atoms with Crippen molar-refractivity contribution in [2.45, 2.75) is 77.0 Å². The molecule has 2 unspecified atom stereocenters.